The molecule has 0 aliphatic carbocycles. The van der Waals surface area contributed by atoms with Gasteiger partial charge in [0, 0.05) is 104 Å². The zero-order chi connectivity index (χ0) is 33.8. The molecule has 0 atom stereocenters. The van der Waals surface area contributed by atoms with Crippen molar-refractivity contribution in [1.29, 1.82) is 0 Å². The number of nitrogens with zero attached hydrogens (tertiary/aromatic N) is 1. The van der Waals surface area contributed by atoms with Gasteiger partial charge in [0.25, 0.3) is 0 Å². The van der Waals surface area contributed by atoms with Gasteiger partial charge in [-0.05, 0) is 18.1 Å². The largest absolute Gasteiger partial charge is 0.466 e. The van der Waals surface area contributed by atoms with Gasteiger partial charge in [-0.25, -0.2) is 14.4 Å². The molecule has 3 aromatic carbocycles. The molecular formula is C36H40NO7SU3-3. The predicted molar refractivity (Wildman–Crippen MR) is 182 cm³/mol. The zero-order valence-corrected chi connectivity index (χ0v) is 41.3. The fourth-order valence-electron chi connectivity index (χ4n) is 3.50. The summed E-state index contributed by atoms with van der Waals surface area (Å²) in [6.07, 6.45) is 0. The third kappa shape index (κ3) is 17.2. The second kappa shape index (κ2) is 28.9. The first-order valence-corrected chi connectivity index (χ1v) is 14.8. The Hall–Kier alpha value is -1.86. The molecule has 0 spiro atoms. The molecule has 3 rings (SSSR count). The van der Waals surface area contributed by atoms with Crippen LogP contribution in [0.4, 0.5) is 0 Å². The number of carbonyl (C=O) groups is 3. The van der Waals surface area contributed by atoms with E-state index in [0.717, 1.165) is 28.0 Å². The topological polar surface area (TPSA) is 100 Å². The molecule has 0 aliphatic heterocycles. The van der Waals surface area contributed by atoms with E-state index in [1.807, 2.05) is 60.9 Å². The number of hydrogen-bond acceptors (Lipinski definition) is 9. The molecule has 0 N–H and O–H groups in total. The van der Waals surface area contributed by atoms with E-state index >= 15 is 0 Å². The Bertz CT molecular complexity index is 1430. The Morgan fingerprint density at radius 1 is 0.688 bits per heavy atom. The summed E-state index contributed by atoms with van der Waals surface area (Å²) in [7, 11) is 4.02. The van der Waals surface area contributed by atoms with Crippen molar-refractivity contribution in [3.8, 4) is 0 Å². The van der Waals surface area contributed by atoms with Gasteiger partial charge in [-0.15, -0.1) is 59.3 Å². The molecule has 8 nitrogen and oxygen atoms in total. The number of carbonyl (C=O) groups excluding carboxylic acids is 3. The van der Waals surface area contributed by atoms with E-state index in [4.69, 9.17) is 9.57 Å². The standard InChI is InChI=1S/C13H15O2S.C12H14NO3.C11H11O2.3U/c1-4-16-9-12(13(14)15-3)11-8-6-5-7-10(11)2;1-4-16-13-11(12(14)15-3)10-8-6-5-7-9(10)2;1-8-6-4-5-7-10(8)9(2)11(12)13-3;;;/h5-9H,2,4H2,1,3H3;5-8H,2,4H2,1,3H3;4-7H,1-2H2,3H3;;;/q3*-1;;;/b12-9+;13-11+;;;;. The number of thioether (sulfide) groups is 1. The summed E-state index contributed by atoms with van der Waals surface area (Å²) in [5.74, 6) is -0.363. The van der Waals surface area contributed by atoms with Crippen molar-refractivity contribution in [2.45, 2.75) is 13.8 Å². The number of rotatable bonds is 10. The zero-order valence-electron chi connectivity index (χ0n) is 28.0. The van der Waals surface area contributed by atoms with Crippen LogP contribution in [-0.4, -0.2) is 57.3 Å². The van der Waals surface area contributed by atoms with Crippen molar-refractivity contribution in [2.24, 2.45) is 5.16 Å². The monoisotopic (exact) mass is 1340 g/mol. The van der Waals surface area contributed by atoms with Crippen LogP contribution in [0.3, 0.4) is 0 Å². The first-order chi connectivity index (χ1) is 21.6. The van der Waals surface area contributed by atoms with Crippen LogP contribution in [0, 0.1) is 114 Å². The van der Waals surface area contributed by atoms with Crippen LogP contribution in [0.25, 0.3) is 11.1 Å². The Labute approximate surface area is 360 Å². The van der Waals surface area contributed by atoms with Gasteiger partial charge in [0.2, 0.25) is 0 Å². The fraction of sp³-hybridized carbons (Fsp3) is 0.194. The van der Waals surface area contributed by atoms with Crippen LogP contribution < -0.4 is 0 Å². The van der Waals surface area contributed by atoms with Crippen LogP contribution in [-0.2, 0) is 33.4 Å². The predicted octanol–water partition coefficient (Wildman–Crippen LogP) is 6.97. The molecule has 12 heteroatoms. The molecule has 3 aromatic rings. The van der Waals surface area contributed by atoms with Crippen LogP contribution in [0.2, 0.25) is 0 Å². The second-order valence-electron chi connectivity index (χ2n) is 8.77. The quantitative estimate of drug-likeness (QED) is 0.0537. The summed E-state index contributed by atoms with van der Waals surface area (Å²) in [5.41, 5.74) is 5.52. The van der Waals surface area contributed by atoms with Crippen molar-refractivity contribution in [3.63, 3.8) is 0 Å². The number of ether oxygens (including phenoxy) is 3. The average Bonchev–Trinajstić information content (AvgIpc) is 3.06. The average molecular weight is 1340 g/mol. The van der Waals surface area contributed by atoms with E-state index < -0.39 is 11.9 Å². The van der Waals surface area contributed by atoms with E-state index in [2.05, 4.69) is 42.0 Å². The summed E-state index contributed by atoms with van der Waals surface area (Å²) < 4.78 is 14.0. The maximum Gasteiger partial charge on any atom is 0.347 e. The first-order valence-electron chi connectivity index (χ1n) is 13.8. The summed E-state index contributed by atoms with van der Waals surface area (Å²) >= 11 is 1.57. The Morgan fingerprint density at radius 2 is 1.10 bits per heavy atom. The fourth-order valence-corrected chi connectivity index (χ4v) is 4.06. The Balaban J connectivity index is -0.000000617. The molecule has 0 saturated carbocycles. The number of oxime groups is 1. The van der Waals surface area contributed by atoms with Crippen LogP contribution in [0.1, 0.15) is 47.2 Å². The van der Waals surface area contributed by atoms with E-state index in [0.29, 0.717) is 28.9 Å². The van der Waals surface area contributed by atoms with Crippen LogP contribution in [0.15, 0.2) is 89.9 Å². The molecule has 0 heterocycles. The molecule has 0 amide bonds. The molecule has 252 valence electrons. The number of hydrogen-bond donors (Lipinski definition) is 0. The Kier molecular flexibility index (Phi) is 30.4. The molecule has 0 aromatic heterocycles. The molecule has 48 heavy (non-hydrogen) atoms. The smallest absolute Gasteiger partial charge is 0.347 e. The van der Waals surface area contributed by atoms with E-state index in [1.54, 1.807) is 43.0 Å². The normalized spacial score (nSPS) is 9.94. The second-order valence-corrected chi connectivity index (χ2v) is 9.92. The molecule has 0 saturated heterocycles. The minimum atomic E-state index is -0.537. The van der Waals surface area contributed by atoms with E-state index in [-0.39, 0.29) is 105 Å². The molecule has 0 unspecified atom stereocenters. The number of benzene rings is 3. The summed E-state index contributed by atoms with van der Waals surface area (Å²) in [4.78, 5) is 39.2. The minimum absolute atomic E-state index is 0. The summed E-state index contributed by atoms with van der Waals surface area (Å²) in [6, 6.07) is 22.0. The molecule has 0 fully saturated rings. The number of esters is 3. The van der Waals surface area contributed by atoms with Crippen molar-refractivity contribution in [3.05, 3.63) is 139 Å². The molecule has 0 radical (unpaired) electrons. The van der Waals surface area contributed by atoms with Gasteiger partial charge < -0.3 is 19.0 Å². The minimum Gasteiger partial charge on any atom is -0.466 e. The molecule has 0 aliphatic rings. The maximum absolute atomic E-state index is 11.6. The van der Waals surface area contributed by atoms with E-state index in [9.17, 15) is 14.4 Å². The third-order valence-corrected chi connectivity index (χ3v) is 6.53. The van der Waals surface area contributed by atoms with Crippen molar-refractivity contribution in [2.75, 3.05) is 33.7 Å². The van der Waals surface area contributed by atoms with Gasteiger partial charge in [0.15, 0.2) is 0 Å². The molecular weight excluding hydrogens is 1300 g/mol. The number of methoxy groups -OCH3 is 3. The summed E-state index contributed by atoms with van der Waals surface area (Å²) in [5, 5.41) is 5.58. The first kappa shape index (κ1) is 50.5. The maximum atomic E-state index is 11.6. The summed E-state index contributed by atoms with van der Waals surface area (Å²) in [6.45, 7) is 19.4. The molecule has 0 bridgehead atoms. The van der Waals surface area contributed by atoms with Crippen LogP contribution in [0.5, 0.6) is 0 Å². The van der Waals surface area contributed by atoms with Gasteiger partial charge in [0.1, 0.15) is 12.3 Å². The van der Waals surface area contributed by atoms with Crippen molar-refractivity contribution >= 4 is 46.5 Å². The van der Waals surface area contributed by atoms with E-state index in [1.165, 1.54) is 21.3 Å². The van der Waals surface area contributed by atoms with Gasteiger partial charge in [-0.3, -0.25) is 0 Å². The SMILES string of the molecule is C=C(C(=O)OC)c1ccccc1[CH2-].[CH2-]c1ccccc1/C(=C\SCC)C(=O)OC.[CH2-]c1ccccc1/C(=N\OCC)C(=O)OC.[U].[U].[U]. The van der Waals surface area contributed by atoms with Gasteiger partial charge in [-0.2, -0.15) is 55.7 Å². The van der Waals surface area contributed by atoms with Crippen LogP contribution >= 0.6 is 11.8 Å². The third-order valence-electron chi connectivity index (χ3n) is 5.79. The van der Waals surface area contributed by atoms with Crippen molar-refractivity contribution in [1.82, 2.24) is 0 Å². The van der Waals surface area contributed by atoms with Crippen molar-refractivity contribution < 1.29 is 127 Å². The van der Waals surface area contributed by atoms with Gasteiger partial charge in [-0.1, -0.05) is 42.4 Å². The Morgan fingerprint density at radius 3 is 1.50 bits per heavy atom. The van der Waals surface area contributed by atoms with Gasteiger partial charge >= 0.3 is 17.9 Å². The van der Waals surface area contributed by atoms with Gasteiger partial charge in [0.05, 0.1) is 21.3 Å².